The van der Waals surface area contributed by atoms with Crippen molar-refractivity contribution in [1.29, 1.82) is 0 Å². The van der Waals surface area contributed by atoms with E-state index in [2.05, 4.69) is 15.3 Å². The topological polar surface area (TPSA) is 69.6 Å². The Kier molecular flexibility index (Phi) is 2.40. The van der Waals surface area contributed by atoms with Crippen molar-refractivity contribution in [2.24, 2.45) is 0 Å². The van der Waals surface area contributed by atoms with Crippen LogP contribution in [0.15, 0.2) is 12.3 Å². The van der Waals surface area contributed by atoms with Gasteiger partial charge in [-0.1, -0.05) is 11.3 Å². The quantitative estimate of drug-likeness (QED) is 0.824. The summed E-state index contributed by atoms with van der Waals surface area (Å²) in [4.78, 5) is 0. The summed E-state index contributed by atoms with van der Waals surface area (Å²) in [6, 6.07) is 1.76. The van der Waals surface area contributed by atoms with E-state index in [9.17, 15) is 4.39 Å². The number of hydrogen-bond acceptors (Lipinski definition) is 5. The van der Waals surface area contributed by atoms with E-state index in [1.54, 1.807) is 12.3 Å². The van der Waals surface area contributed by atoms with Gasteiger partial charge in [0.25, 0.3) is 0 Å². The summed E-state index contributed by atoms with van der Waals surface area (Å²) in [5.41, 5.74) is 6.11. The maximum atomic E-state index is 12.0. The molecule has 0 fully saturated rings. The summed E-state index contributed by atoms with van der Waals surface area (Å²) in [7, 11) is 0. The zero-order valence-electron chi connectivity index (χ0n) is 7.22. The minimum absolute atomic E-state index is 0.258. The molecule has 2 rings (SSSR count). The molecule has 74 valence electrons. The molecule has 0 bridgehead atoms. The molecule has 0 spiro atoms. The Bertz CT molecular complexity index is 423. The first kappa shape index (κ1) is 9.07. The number of rotatable bonds is 3. The van der Waals surface area contributed by atoms with Crippen molar-refractivity contribution in [1.82, 2.24) is 20.0 Å². The van der Waals surface area contributed by atoms with E-state index >= 15 is 0 Å². The van der Waals surface area contributed by atoms with Crippen LogP contribution >= 0.6 is 11.3 Å². The molecule has 0 aliphatic rings. The smallest absolute Gasteiger partial charge is 0.203 e. The lowest BCUT2D eigenvalue weighted by atomic mass is 10.5. The third-order valence-electron chi connectivity index (χ3n) is 1.61. The summed E-state index contributed by atoms with van der Waals surface area (Å²) >= 11 is 1.26. The average Bonchev–Trinajstić information content (AvgIpc) is 2.74. The van der Waals surface area contributed by atoms with E-state index in [4.69, 9.17) is 5.73 Å². The second kappa shape index (κ2) is 3.70. The molecule has 14 heavy (non-hydrogen) atoms. The van der Waals surface area contributed by atoms with Crippen LogP contribution in [0.1, 0.15) is 0 Å². The van der Waals surface area contributed by atoms with Gasteiger partial charge in [0.05, 0.1) is 6.54 Å². The minimum Gasteiger partial charge on any atom is -0.374 e. The number of halogens is 1. The monoisotopic (exact) mass is 213 g/mol. The van der Waals surface area contributed by atoms with Crippen LogP contribution < -0.4 is 5.73 Å². The first-order chi connectivity index (χ1) is 6.79. The van der Waals surface area contributed by atoms with Gasteiger partial charge < -0.3 is 5.73 Å². The predicted molar refractivity (Wildman–Crippen MR) is 51.5 cm³/mol. The van der Waals surface area contributed by atoms with E-state index in [0.29, 0.717) is 15.8 Å². The van der Waals surface area contributed by atoms with E-state index < -0.39 is 6.67 Å². The summed E-state index contributed by atoms with van der Waals surface area (Å²) < 4.78 is 13.5. The summed E-state index contributed by atoms with van der Waals surface area (Å²) in [5.74, 6) is 0. The van der Waals surface area contributed by atoms with Gasteiger partial charge in [-0.05, 0) is 6.07 Å². The van der Waals surface area contributed by atoms with E-state index in [1.165, 1.54) is 16.0 Å². The maximum absolute atomic E-state index is 12.0. The highest BCUT2D eigenvalue weighted by Gasteiger charge is 2.07. The molecule has 2 aromatic heterocycles. The van der Waals surface area contributed by atoms with Gasteiger partial charge in [-0.25, -0.2) is 4.39 Å². The molecule has 5 nitrogen and oxygen atoms in total. The third kappa shape index (κ3) is 1.72. The van der Waals surface area contributed by atoms with Crippen molar-refractivity contribution in [2.75, 3.05) is 12.4 Å². The van der Waals surface area contributed by atoms with Gasteiger partial charge in [0.1, 0.15) is 12.4 Å². The Balaban J connectivity index is 2.24. The fraction of sp³-hybridized carbons (Fsp3) is 0.286. The van der Waals surface area contributed by atoms with Gasteiger partial charge in [-0.2, -0.15) is 5.10 Å². The molecule has 0 aliphatic carbocycles. The summed E-state index contributed by atoms with van der Waals surface area (Å²) in [5, 5.41) is 12.7. The van der Waals surface area contributed by atoms with Gasteiger partial charge in [0, 0.05) is 6.20 Å². The van der Waals surface area contributed by atoms with Crippen molar-refractivity contribution < 1.29 is 4.39 Å². The molecular weight excluding hydrogens is 205 g/mol. The van der Waals surface area contributed by atoms with Crippen LogP contribution in [0.5, 0.6) is 0 Å². The van der Waals surface area contributed by atoms with E-state index in [-0.39, 0.29) is 6.54 Å². The predicted octanol–water partition coefficient (Wildman–Crippen LogP) is 0.953. The van der Waals surface area contributed by atoms with Crippen molar-refractivity contribution in [2.45, 2.75) is 6.54 Å². The molecule has 2 heterocycles. The van der Waals surface area contributed by atoms with Crippen LogP contribution in [0.3, 0.4) is 0 Å². The zero-order chi connectivity index (χ0) is 9.97. The number of alkyl halides is 1. The number of nitrogens with zero attached hydrogens (tertiary/aromatic N) is 4. The minimum atomic E-state index is -0.431. The molecule has 0 saturated heterocycles. The second-order valence-electron chi connectivity index (χ2n) is 2.60. The Morgan fingerprint density at radius 1 is 1.50 bits per heavy atom. The number of aromatic nitrogens is 4. The number of nitrogens with two attached hydrogens (primary N) is 1. The Hall–Kier alpha value is -1.50. The molecule has 0 unspecified atom stereocenters. The normalized spacial score (nSPS) is 10.6. The lowest BCUT2D eigenvalue weighted by molar-refractivity contribution is 0.427. The Labute approximate surface area is 83.4 Å². The highest BCUT2D eigenvalue weighted by molar-refractivity contribution is 7.18. The standard InChI is InChI=1S/C7H8FN5S/c8-2-4-13-3-1-5(12-13)6-10-11-7(9)14-6/h1,3H,2,4H2,(H2,9,11). The van der Waals surface area contributed by atoms with Crippen LogP contribution in [0, 0.1) is 0 Å². The number of nitrogen functional groups attached to an aromatic ring is 1. The van der Waals surface area contributed by atoms with Crippen molar-refractivity contribution >= 4 is 16.5 Å². The lowest BCUT2D eigenvalue weighted by Crippen LogP contribution is -1.99. The van der Waals surface area contributed by atoms with E-state index in [0.717, 1.165) is 0 Å². The fourth-order valence-corrected chi connectivity index (χ4v) is 1.60. The summed E-state index contributed by atoms with van der Waals surface area (Å²) in [6.45, 7) is -0.173. The van der Waals surface area contributed by atoms with Crippen LogP contribution in [-0.2, 0) is 6.54 Å². The molecule has 0 saturated carbocycles. The lowest BCUT2D eigenvalue weighted by Gasteiger charge is -1.93. The second-order valence-corrected chi connectivity index (χ2v) is 3.61. The number of aryl methyl sites for hydroxylation is 1. The summed E-state index contributed by atoms with van der Waals surface area (Å²) in [6.07, 6.45) is 1.70. The van der Waals surface area contributed by atoms with Crippen molar-refractivity contribution in [3.63, 3.8) is 0 Å². The van der Waals surface area contributed by atoms with Crippen LogP contribution in [0.2, 0.25) is 0 Å². The molecule has 0 radical (unpaired) electrons. The van der Waals surface area contributed by atoms with Crippen LogP contribution in [0.25, 0.3) is 10.7 Å². The molecule has 7 heteroatoms. The molecule has 2 aromatic rings. The molecule has 0 aliphatic heterocycles. The van der Waals surface area contributed by atoms with Gasteiger partial charge in [-0.15, -0.1) is 10.2 Å². The van der Waals surface area contributed by atoms with Crippen LogP contribution in [0.4, 0.5) is 9.52 Å². The zero-order valence-corrected chi connectivity index (χ0v) is 8.04. The van der Waals surface area contributed by atoms with Crippen molar-refractivity contribution in [3.8, 4) is 10.7 Å². The number of anilines is 1. The SMILES string of the molecule is Nc1nnc(-c2ccn(CCF)n2)s1. The average molecular weight is 213 g/mol. The Morgan fingerprint density at radius 2 is 2.36 bits per heavy atom. The molecular formula is C7H8FN5S. The highest BCUT2D eigenvalue weighted by Crippen LogP contribution is 2.22. The Morgan fingerprint density at radius 3 is 3.00 bits per heavy atom. The van der Waals surface area contributed by atoms with Gasteiger partial charge in [-0.3, -0.25) is 4.68 Å². The van der Waals surface area contributed by atoms with Gasteiger partial charge >= 0.3 is 0 Å². The fourth-order valence-electron chi connectivity index (χ4n) is 1.02. The maximum Gasteiger partial charge on any atom is 0.203 e. The third-order valence-corrected chi connectivity index (χ3v) is 2.39. The molecule has 0 atom stereocenters. The highest BCUT2D eigenvalue weighted by atomic mass is 32.1. The number of hydrogen-bond donors (Lipinski definition) is 1. The van der Waals surface area contributed by atoms with E-state index in [1.807, 2.05) is 0 Å². The molecule has 0 aromatic carbocycles. The molecule has 2 N–H and O–H groups in total. The van der Waals surface area contributed by atoms with Crippen LogP contribution in [-0.4, -0.2) is 26.7 Å². The van der Waals surface area contributed by atoms with Gasteiger partial charge in [0.15, 0.2) is 5.01 Å². The molecule has 0 amide bonds. The van der Waals surface area contributed by atoms with Crippen molar-refractivity contribution in [3.05, 3.63) is 12.3 Å². The largest absolute Gasteiger partial charge is 0.374 e. The first-order valence-corrected chi connectivity index (χ1v) is 4.80. The first-order valence-electron chi connectivity index (χ1n) is 3.98. The van der Waals surface area contributed by atoms with Gasteiger partial charge in [0.2, 0.25) is 5.13 Å².